The van der Waals surface area contributed by atoms with Gasteiger partial charge in [-0.05, 0) is 42.5 Å². The van der Waals surface area contributed by atoms with Crippen molar-refractivity contribution in [2.45, 2.75) is 4.90 Å². The van der Waals surface area contributed by atoms with E-state index in [0.29, 0.717) is 16.8 Å². The van der Waals surface area contributed by atoms with E-state index in [1.165, 1.54) is 36.2 Å². The molecule has 3 aromatic heterocycles. The van der Waals surface area contributed by atoms with E-state index in [9.17, 15) is 17.6 Å². The number of hydrogen-bond acceptors (Lipinski definition) is 6. The number of pyridine rings is 2. The first kappa shape index (κ1) is 20.8. The molecule has 0 saturated carbocycles. The fourth-order valence-corrected chi connectivity index (χ4v) is 4.08. The summed E-state index contributed by atoms with van der Waals surface area (Å²) in [6.45, 7) is 0. The predicted octanol–water partition coefficient (Wildman–Crippen LogP) is 3.36. The molecule has 0 saturated heterocycles. The minimum Gasteiger partial charge on any atom is -0.480 e. The largest absolute Gasteiger partial charge is 0.480 e. The molecule has 0 spiro atoms. The summed E-state index contributed by atoms with van der Waals surface area (Å²) in [6, 6.07) is 9.23. The molecule has 31 heavy (non-hydrogen) atoms. The number of nitrogens with one attached hydrogen (secondary N) is 1. The zero-order valence-electron chi connectivity index (χ0n) is 15.9. The molecule has 1 N–H and O–H groups in total. The van der Waals surface area contributed by atoms with Crippen molar-refractivity contribution >= 4 is 33.0 Å². The number of rotatable bonds is 5. The molecule has 0 atom stereocenters. The molecule has 0 fully saturated rings. The van der Waals surface area contributed by atoms with Crippen molar-refractivity contribution in [2.24, 2.45) is 0 Å². The van der Waals surface area contributed by atoms with Crippen molar-refractivity contribution in [1.29, 1.82) is 0 Å². The lowest BCUT2D eigenvalue weighted by molar-refractivity contribution is 0.400. The number of hydrogen-bond donors (Lipinski definition) is 1. The molecule has 3 heterocycles. The Hall–Kier alpha value is -3.50. The van der Waals surface area contributed by atoms with E-state index in [0.717, 1.165) is 24.3 Å². The van der Waals surface area contributed by atoms with Gasteiger partial charge in [0.1, 0.15) is 22.2 Å². The molecule has 0 unspecified atom stereocenters. The highest BCUT2D eigenvalue weighted by atomic mass is 35.5. The molecule has 0 aliphatic heterocycles. The third kappa shape index (κ3) is 4.07. The van der Waals surface area contributed by atoms with Crippen LogP contribution >= 0.6 is 11.6 Å². The van der Waals surface area contributed by atoms with Crippen molar-refractivity contribution in [3.63, 3.8) is 0 Å². The Kier molecular flexibility index (Phi) is 5.34. The molecule has 0 radical (unpaired) electrons. The summed E-state index contributed by atoms with van der Waals surface area (Å²) in [5.74, 6) is -0.515. The Bertz CT molecular complexity index is 1460. The normalized spacial score (nSPS) is 11.5. The highest BCUT2D eigenvalue weighted by molar-refractivity contribution is 7.92. The van der Waals surface area contributed by atoms with Gasteiger partial charge in [-0.1, -0.05) is 11.6 Å². The van der Waals surface area contributed by atoms with E-state index in [4.69, 9.17) is 16.3 Å². The van der Waals surface area contributed by atoms with E-state index in [1.807, 2.05) is 0 Å². The number of ether oxygens (including phenoxy) is 1. The van der Waals surface area contributed by atoms with E-state index in [-0.39, 0.29) is 21.5 Å². The monoisotopic (exact) mass is 460 g/mol. The number of benzene rings is 1. The minimum absolute atomic E-state index is 0.0322. The first-order valence-electron chi connectivity index (χ1n) is 8.78. The third-order valence-corrected chi connectivity index (χ3v) is 6.05. The number of anilines is 1. The SMILES string of the molecule is COc1ncc(-c2ccc3ncc(Cl)c(=O)n3c2)cc1NS(=O)(=O)c1ccc(F)cc1. The molecule has 0 aliphatic carbocycles. The van der Waals surface area contributed by atoms with Crippen molar-refractivity contribution in [2.75, 3.05) is 11.8 Å². The van der Waals surface area contributed by atoms with Crippen LogP contribution in [0.5, 0.6) is 5.88 Å². The molecule has 0 aliphatic rings. The van der Waals surface area contributed by atoms with Crippen LogP contribution < -0.4 is 15.0 Å². The number of aromatic nitrogens is 3. The highest BCUT2D eigenvalue weighted by Crippen LogP contribution is 2.30. The Morgan fingerprint density at radius 1 is 1.06 bits per heavy atom. The lowest BCUT2D eigenvalue weighted by Crippen LogP contribution is -2.15. The maximum atomic E-state index is 13.1. The van der Waals surface area contributed by atoms with Crippen molar-refractivity contribution in [1.82, 2.24) is 14.4 Å². The number of nitrogens with zero attached hydrogens (tertiary/aromatic N) is 3. The van der Waals surface area contributed by atoms with Crippen LogP contribution in [-0.2, 0) is 10.0 Å². The van der Waals surface area contributed by atoms with Crippen LogP contribution in [0.4, 0.5) is 10.1 Å². The second-order valence-corrected chi connectivity index (χ2v) is 8.49. The molecule has 11 heteroatoms. The lowest BCUT2D eigenvalue weighted by atomic mass is 10.1. The molecule has 0 bridgehead atoms. The fourth-order valence-electron chi connectivity index (χ4n) is 2.89. The molecule has 4 rings (SSSR count). The van der Waals surface area contributed by atoms with Gasteiger partial charge in [0.25, 0.3) is 15.6 Å². The first-order valence-corrected chi connectivity index (χ1v) is 10.6. The standard InChI is InChI=1S/C20H14ClFN4O4S/c1-30-19-17(25-31(28,29)15-5-3-14(22)4-6-15)8-13(9-24-19)12-2-7-18-23-10-16(21)20(27)26(18)11-12/h2-11,25H,1H3. The van der Waals surface area contributed by atoms with Crippen LogP contribution in [0.1, 0.15) is 0 Å². The smallest absolute Gasteiger partial charge is 0.276 e. The van der Waals surface area contributed by atoms with Gasteiger partial charge in [0.2, 0.25) is 5.88 Å². The Balaban J connectivity index is 1.78. The summed E-state index contributed by atoms with van der Waals surface area (Å²) >= 11 is 5.87. The predicted molar refractivity (Wildman–Crippen MR) is 113 cm³/mol. The molecule has 4 aromatic rings. The van der Waals surface area contributed by atoms with E-state index < -0.39 is 21.4 Å². The van der Waals surface area contributed by atoms with Gasteiger partial charge in [-0.3, -0.25) is 13.9 Å². The molecule has 8 nitrogen and oxygen atoms in total. The molecule has 1 aromatic carbocycles. The van der Waals surface area contributed by atoms with E-state index >= 15 is 0 Å². The zero-order chi connectivity index (χ0) is 22.2. The van der Waals surface area contributed by atoms with Crippen molar-refractivity contribution < 1.29 is 17.5 Å². The number of fused-ring (bicyclic) bond motifs is 1. The number of sulfonamides is 1. The Labute approximate surface area is 181 Å². The van der Waals surface area contributed by atoms with Gasteiger partial charge in [-0.2, -0.15) is 0 Å². The highest BCUT2D eigenvalue weighted by Gasteiger charge is 2.18. The first-order chi connectivity index (χ1) is 14.8. The quantitative estimate of drug-likeness (QED) is 0.490. The van der Waals surface area contributed by atoms with Crippen molar-refractivity contribution in [3.8, 4) is 17.0 Å². The maximum Gasteiger partial charge on any atom is 0.276 e. The summed E-state index contributed by atoms with van der Waals surface area (Å²) in [5, 5.41) is -0.0322. The van der Waals surface area contributed by atoms with Crippen LogP contribution in [0, 0.1) is 5.82 Å². The van der Waals surface area contributed by atoms with Crippen LogP contribution in [0.25, 0.3) is 16.8 Å². The van der Waals surface area contributed by atoms with Crippen molar-refractivity contribution in [3.05, 3.63) is 82.2 Å². The van der Waals surface area contributed by atoms with Crippen LogP contribution in [0.15, 0.2) is 70.7 Å². The average Bonchev–Trinajstić information content (AvgIpc) is 2.76. The molecule has 0 amide bonds. The Morgan fingerprint density at radius 3 is 2.52 bits per heavy atom. The van der Waals surface area contributed by atoms with Gasteiger partial charge in [-0.15, -0.1) is 0 Å². The van der Waals surface area contributed by atoms with Crippen LogP contribution in [0.2, 0.25) is 5.02 Å². The van der Waals surface area contributed by atoms with Gasteiger partial charge in [0.15, 0.2) is 0 Å². The Morgan fingerprint density at radius 2 is 1.81 bits per heavy atom. The summed E-state index contributed by atoms with van der Waals surface area (Å²) < 4.78 is 47.4. The maximum absolute atomic E-state index is 13.1. The fraction of sp³-hybridized carbons (Fsp3) is 0.0500. The second-order valence-electron chi connectivity index (χ2n) is 6.40. The number of methoxy groups -OCH3 is 1. The number of halogens is 2. The molecular weight excluding hydrogens is 447 g/mol. The summed E-state index contributed by atoms with van der Waals surface area (Å²) in [6.07, 6.45) is 4.27. The van der Waals surface area contributed by atoms with Crippen LogP contribution in [-0.4, -0.2) is 29.9 Å². The van der Waals surface area contributed by atoms with Gasteiger partial charge >= 0.3 is 0 Å². The average molecular weight is 461 g/mol. The van der Waals surface area contributed by atoms with E-state index in [2.05, 4.69) is 14.7 Å². The van der Waals surface area contributed by atoms with Gasteiger partial charge in [0.05, 0.1) is 18.2 Å². The topological polar surface area (TPSA) is 103 Å². The van der Waals surface area contributed by atoms with E-state index in [1.54, 1.807) is 12.1 Å². The summed E-state index contributed by atoms with van der Waals surface area (Å²) in [7, 11) is -2.68. The summed E-state index contributed by atoms with van der Waals surface area (Å²) in [5.41, 5.74) is 1.10. The molecule has 158 valence electrons. The van der Waals surface area contributed by atoms with Gasteiger partial charge in [-0.25, -0.2) is 22.8 Å². The zero-order valence-corrected chi connectivity index (χ0v) is 17.5. The van der Waals surface area contributed by atoms with Crippen LogP contribution in [0.3, 0.4) is 0 Å². The second kappa shape index (κ2) is 7.97. The molecular formula is C20H14ClFN4O4S. The lowest BCUT2D eigenvalue weighted by Gasteiger charge is -2.13. The third-order valence-electron chi connectivity index (χ3n) is 4.41. The van der Waals surface area contributed by atoms with Gasteiger partial charge in [0, 0.05) is 23.5 Å². The summed E-state index contributed by atoms with van der Waals surface area (Å²) in [4.78, 5) is 20.4. The minimum atomic E-state index is -4.03. The van der Waals surface area contributed by atoms with Gasteiger partial charge < -0.3 is 4.74 Å².